The Hall–Kier alpha value is -2.44. The van der Waals surface area contributed by atoms with Gasteiger partial charge in [0.1, 0.15) is 5.75 Å². The van der Waals surface area contributed by atoms with Gasteiger partial charge in [-0.05, 0) is 40.6 Å². The molecule has 0 spiro atoms. The molecule has 0 aliphatic carbocycles. The minimum absolute atomic E-state index is 0.0689. The van der Waals surface area contributed by atoms with Crippen LogP contribution in [0.1, 0.15) is 35.1 Å². The van der Waals surface area contributed by atoms with Crippen LogP contribution in [0.15, 0.2) is 18.2 Å². The number of hydrogen-bond donors (Lipinski definition) is 0. The standard InChI is InChI=1S/C14H16N4O3/c1-2-6-18-13(15-16-17-18)9-21-14(19)11-3-4-12-10(8-11)5-7-20-12/h3-4,8H,2,5-7,9H2,1H3. The van der Waals surface area contributed by atoms with E-state index in [0.29, 0.717) is 24.5 Å². The average Bonchev–Trinajstić information content (AvgIpc) is 3.13. The summed E-state index contributed by atoms with van der Waals surface area (Å²) in [7, 11) is 0. The highest BCUT2D eigenvalue weighted by Crippen LogP contribution is 2.26. The van der Waals surface area contributed by atoms with Crippen molar-refractivity contribution in [2.45, 2.75) is 32.9 Å². The maximum absolute atomic E-state index is 12.1. The van der Waals surface area contributed by atoms with Gasteiger partial charge in [0.25, 0.3) is 0 Å². The lowest BCUT2D eigenvalue weighted by Crippen LogP contribution is -2.11. The van der Waals surface area contributed by atoms with Gasteiger partial charge in [-0.15, -0.1) is 5.10 Å². The van der Waals surface area contributed by atoms with Crippen LogP contribution in [0.25, 0.3) is 0 Å². The lowest BCUT2D eigenvalue weighted by atomic mass is 10.1. The molecule has 0 saturated carbocycles. The van der Waals surface area contributed by atoms with Crippen LogP contribution in [0.3, 0.4) is 0 Å². The maximum atomic E-state index is 12.1. The number of carbonyl (C=O) groups is 1. The van der Waals surface area contributed by atoms with E-state index < -0.39 is 0 Å². The van der Waals surface area contributed by atoms with Gasteiger partial charge in [-0.1, -0.05) is 6.92 Å². The number of rotatable bonds is 5. The molecule has 0 atom stereocenters. The molecule has 0 radical (unpaired) electrons. The molecule has 21 heavy (non-hydrogen) atoms. The first kappa shape index (κ1) is 13.5. The van der Waals surface area contributed by atoms with E-state index in [-0.39, 0.29) is 12.6 Å². The number of esters is 1. The van der Waals surface area contributed by atoms with E-state index in [4.69, 9.17) is 9.47 Å². The van der Waals surface area contributed by atoms with Gasteiger partial charge in [-0.2, -0.15) is 0 Å². The van der Waals surface area contributed by atoms with Crippen molar-refractivity contribution in [2.75, 3.05) is 6.61 Å². The number of fused-ring (bicyclic) bond motifs is 1. The Bertz CT molecular complexity index is 653. The van der Waals surface area contributed by atoms with Crippen LogP contribution < -0.4 is 4.74 Å². The molecule has 0 bridgehead atoms. The van der Waals surface area contributed by atoms with E-state index >= 15 is 0 Å². The van der Waals surface area contributed by atoms with Crippen LogP contribution in [-0.2, 0) is 24.3 Å². The van der Waals surface area contributed by atoms with Crippen LogP contribution in [0.2, 0.25) is 0 Å². The van der Waals surface area contributed by atoms with Crippen LogP contribution >= 0.6 is 0 Å². The third-order valence-electron chi connectivity index (χ3n) is 3.30. The zero-order valence-electron chi connectivity index (χ0n) is 11.8. The molecule has 7 heteroatoms. The molecule has 0 N–H and O–H groups in total. The fraction of sp³-hybridized carbons (Fsp3) is 0.429. The van der Waals surface area contributed by atoms with Gasteiger partial charge in [0.15, 0.2) is 12.4 Å². The first-order valence-corrected chi connectivity index (χ1v) is 6.96. The summed E-state index contributed by atoms with van der Waals surface area (Å²) in [6.45, 7) is 3.47. The second kappa shape index (κ2) is 5.90. The Labute approximate surface area is 121 Å². The Morgan fingerprint density at radius 2 is 2.38 bits per heavy atom. The highest BCUT2D eigenvalue weighted by atomic mass is 16.5. The summed E-state index contributed by atoms with van der Waals surface area (Å²) in [6, 6.07) is 5.33. The van der Waals surface area contributed by atoms with Crippen molar-refractivity contribution in [3.63, 3.8) is 0 Å². The molecular formula is C14H16N4O3. The molecule has 2 aromatic rings. The number of tetrazole rings is 1. The third-order valence-corrected chi connectivity index (χ3v) is 3.30. The molecule has 0 fully saturated rings. The van der Waals surface area contributed by atoms with Gasteiger partial charge in [0.05, 0.1) is 12.2 Å². The first-order valence-electron chi connectivity index (χ1n) is 6.96. The molecule has 7 nitrogen and oxygen atoms in total. The second-order valence-corrected chi connectivity index (χ2v) is 4.82. The van der Waals surface area contributed by atoms with Crippen LogP contribution in [0.4, 0.5) is 0 Å². The highest BCUT2D eigenvalue weighted by molar-refractivity contribution is 5.89. The van der Waals surface area contributed by atoms with Crippen LogP contribution in [0, 0.1) is 0 Å². The van der Waals surface area contributed by atoms with Crippen LogP contribution in [0.5, 0.6) is 5.75 Å². The van der Waals surface area contributed by atoms with Crippen molar-refractivity contribution < 1.29 is 14.3 Å². The quantitative estimate of drug-likeness (QED) is 0.773. The van der Waals surface area contributed by atoms with Gasteiger partial charge in [-0.25, -0.2) is 9.48 Å². The summed E-state index contributed by atoms with van der Waals surface area (Å²) in [6.07, 6.45) is 1.74. The number of carbonyl (C=O) groups excluding carboxylic acids is 1. The topological polar surface area (TPSA) is 79.1 Å². The molecule has 0 amide bonds. The summed E-state index contributed by atoms with van der Waals surface area (Å²) in [4.78, 5) is 12.1. The first-order chi connectivity index (χ1) is 10.3. The van der Waals surface area contributed by atoms with Gasteiger partial charge < -0.3 is 9.47 Å². The van der Waals surface area contributed by atoms with Crippen molar-refractivity contribution in [2.24, 2.45) is 0 Å². The normalized spacial score (nSPS) is 12.8. The molecule has 1 aromatic heterocycles. The predicted molar refractivity (Wildman–Crippen MR) is 72.9 cm³/mol. The van der Waals surface area contributed by atoms with E-state index in [1.165, 1.54) is 0 Å². The Morgan fingerprint density at radius 3 is 3.24 bits per heavy atom. The molecule has 3 rings (SSSR count). The molecule has 1 aliphatic heterocycles. The van der Waals surface area contributed by atoms with Gasteiger partial charge in [0, 0.05) is 13.0 Å². The summed E-state index contributed by atoms with van der Waals surface area (Å²) in [5.41, 5.74) is 1.56. The minimum atomic E-state index is -0.379. The third kappa shape index (κ3) is 2.86. The minimum Gasteiger partial charge on any atom is -0.493 e. The number of aryl methyl sites for hydroxylation is 1. The van der Waals surface area contributed by atoms with Crippen molar-refractivity contribution in [3.05, 3.63) is 35.2 Å². The van der Waals surface area contributed by atoms with E-state index in [0.717, 1.165) is 24.2 Å². The van der Waals surface area contributed by atoms with Crippen molar-refractivity contribution in [1.29, 1.82) is 0 Å². The number of nitrogens with zero attached hydrogens (tertiary/aromatic N) is 4. The molecule has 0 saturated heterocycles. The monoisotopic (exact) mass is 288 g/mol. The zero-order valence-corrected chi connectivity index (χ0v) is 11.8. The van der Waals surface area contributed by atoms with E-state index in [9.17, 15) is 4.79 Å². The Kier molecular flexibility index (Phi) is 3.81. The largest absolute Gasteiger partial charge is 0.493 e. The summed E-state index contributed by atoms with van der Waals surface area (Å²) in [5, 5.41) is 11.3. The number of ether oxygens (including phenoxy) is 2. The van der Waals surface area contributed by atoms with Gasteiger partial charge in [0.2, 0.25) is 0 Å². The van der Waals surface area contributed by atoms with E-state index in [1.54, 1.807) is 16.8 Å². The molecule has 2 heterocycles. The number of aromatic nitrogens is 4. The average molecular weight is 288 g/mol. The van der Waals surface area contributed by atoms with Crippen LogP contribution in [-0.4, -0.2) is 32.8 Å². The van der Waals surface area contributed by atoms with Gasteiger partial charge in [-0.3, -0.25) is 0 Å². The van der Waals surface area contributed by atoms with Crippen molar-refractivity contribution >= 4 is 5.97 Å². The fourth-order valence-corrected chi connectivity index (χ4v) is 2.24. The highest BCUT2D eigenvalue weighted by Gasteiger charge is 2.16. The summed E-state index contributed by atoms with van der Waals surface area (Å²) < 4.78 is 12.3. The summed E-state index contributed by atoms with van der Waals surface area (Å²) in [5.74, 6) is 1.02. The van der Waals surface area contributed by atoms with Crippen molar-refractivity contribution in [1.82, 2.24) is 20.2 Å². The Morgan fingerprint density at radius 1 is 1.48 bits per heavy atom. The summed E-state index contributed by atoms with van der Waals surface area (Å²) >= 11 is 0. The SMILES string of the molecule is CCCn1nnnc1COC(=O)c1ccc2c(c1)CCO2. The number of benzene rings is 1. The predicted octanol–water partition coefficient (Wildman–Crippen LogP) is 1.38. The molecular weight excluding hydrogens is 272 g/mol. The number of hydrogen-bond acceptors (Lipinski definition) is 6. The smallest absolute Gasteiger partial charge is 0.338 e. The molecule has 110 valence electrons. The lowest BCUT2D eigenvalue weighted by molar-refractivity contribution is 0.0456. The second-order valence-electron chi connectivity index (χ2n) is 4.82. The van der Waals surface area contributed by atoms with Gasteiger partial charge >= 0.3 is 5.97 Å². The molecule has 1 aliphatic rings. The fourth-order valence-electron chi connectivity index (χ4n) is 2.24. The Balaban J connectivity index is 1.65. The van der Waals surface area contributed by atoms with E-state index in [1.807, 2.05) is 13.0 Å². The molecule has 0 unspecified atom stereocenters. The maximum Gasteiger partial charge on any atom is 0.338 e. The lowest BCUT2D eigenvalue weighted by Gasteiger charge is -2.06. The molecule has 1 aromatic carbocycles. The zero-order chi connectivity index (χ0) is 14.7. The van der Waals surface area contributed by atoms with E-state index in [2.05, 4.69) is 15.5 Å². The van der Waals surface area contributed by atoms with Crippen molar-refractivity contribution in [3.8, 4) is 5.75 Å².